The zero-order chi connectivity index (χ0) is 24.6. The molecule has 2 aromatic carbocycles. The van der Waals surface area contributed by atoms with E-state index in [2.05, 4.69) is 95.2 Å². The van der Waals surface area contributed by atoms with Crippen molar-refractivity contribution in [3.63, 3.8) is 0 Å². The van der Waals surface area contributed by atoms with Crippen molar-refractivity contribution in [2.24, 2.45) is 0 Å². The fourth-order valence-corrected chi connectivity index (χ4v) is 3.46. The third kappa shape index (κ3) is 7.30. The molecule has 0 aliphatic carbocycles. The van der Waals surface area contributed by atoms with Gasteiger partial charge in [-0.2, -0.15) is 0 Å². The van der Waals surface area contributed by atoms with E-state index in [4.69, 9.17) is 0 Å². The summed E-state index contributed by atoms with van der Waals surface area (Å²) in [5.41, 5.74) is 5.61. The van der Waals surface area contributed by atoms with Gasteiger partial charge in [0.1, 0.15) is 11.5 Å². The molecule has 2 nitrogen and oxygen atoms in total. The van der Waals surface area contributed by atoms with Crippen LogP contribution in [0.1, 0.15) is 111 Å². The van der Waals surface area contributed by atoms with Crippen LogP contribution >= 0.6 is 0 Å². The van der Waals surface area contributed by atoms with E-state index in [1.54, 1.807) is 6.07 Å². The van der Waals surface area contributed by atoms with Crippen molar-refractivity contribution < 1.29 is 10.2 Å². The lowest BCUT2D eigenvalue weighted by Crippen LogP contribution is -2.21. The van der Waals surface area contributed by atoms with E-state index in [0.29, 0.717) is 11.5 Å². The summed E-state index contributed by atoms with van der Waals surface area (Å²) in [6.07, 6.45) is 0. The van der Waals surface area contributed by atoms with E-state index >= 15 is 0 Å². The second-order valence-electron chi connectivity index (χ2n) is 12.9. The fourth-order valence-electron chi connectivity index (χ4n) is 3.46. The van der Waals surface area contributed by atoms with Crippen molar-refractivity contribution in [3.8, 4) is 11.5 Å². The van der Waals surface area contributed by atoms with E-state index < -0.39 is 0 Å². The third-order valence-electron chi connectivity index (χ3n) is 5.55. The number of rotatable bonds is 0. The van der Waals surface area contributed by atoms with Crippen LogP contribution in [0.2, 0.25) is 0 Å². The Morgan fingerprint density at radius 1 is 0.516 bits per heavy atom. The Labute approximate surface area is 191 Å². The normalized spacial score (nSPS) is 12.9. The summed E-state index contributed by atoms with van der Waals surface area (Å²) in [5.74, 6) is 0.862. The molecular formula is C29H46O2. The molecule has 2 rings (SSSR count). The molecule has 0 aliphatic rings. The van der Waals surface area contributed by atoms with Crippen molar-refractivity contribution in [2.75, 3.05) is 0 Å². The molecule has 0 fully saturated rings. The summed E-state index contributed by atoms with van der Waals surface area (Å²) in [6, 6.07) is 10.1. The first-order chi connectivity index (χ1) is 13.7. The van der Waals surface area contributed by atoms with E-state index in [0.717, 1.165) is 16.7 Å². The summed E-state index contributed by atoms with van der Waals surface area (Å²) in [7, 11) is 0. The number of phenols is 2. The smallest absolute Gasteiger partial charge is 0.123 e. The Morgan fingerprint density at radius 2 is 0.903 bits per heavy atom. The summed E-state index contributed by atoms with van der Waals surface area (Å²) < 4.78 is 0. The minimum Gasteiger partial charge on any atom is -0.508 e. The predicted octanol–water partition coefficient (Wildman–Crippen LogP) is 8.28. The van der Waals surface area contributed by atoms with Gasteiger partial charge < -0.3 is 10.2 Å². The van der Waals surface area contributed by atoms with Crippen LogP contribution in [0.25, 0.3) is 0 Å². The van der Waals surface area contributed by atoms with Crippen LogP contribution in [0.5, 0.6) is 11.5 Å². The maximum absolute atomic E-state index is 10.7. The molecule has 0 atom stereocenters. The number of aryl methyl sites for hydroxylation is 1. The third-order valence-corrected chi connectivity index (χ3v) is 5.55. The lowest BCUT2D eigenvalue weighted by Gasteiger charge is -2.31. The van der Waals surface area contributed by atoms with Gasteiger partial charge in [0, 0.05) is 0 Å². The van der Waals surface area contributed by atoms with Gasteiger partial charge in [-0.3, -0.25) is 0 Å². The number of aromatic hydroxyl groups is 2. The average Bonchev–Trinajstić information content (AvgIpc) is 2.53. The number of hydrogen-bond acceptors (Lipinski definition) is 2. The SMILES string of the molecule is CC(C)(C)c1cc(C(C)(C)C)c(O)c(C(C)(C)C)c1.Cc1ccc(O)c(C(C)(C)C)c1. The van der Waals surface area contributed by atoms with Crippen LogP contribution in [-0.2, 0) is 21.7 Å². The summed E-state index contributed by atoms with van der Waals surface area (Å²) in [4.78, 5) is 0. The summed E-state index contributed by atoms with van der Waals surface area (Å²) in [5, 5.41) is 20.2. The highest BCUT2D eigenvalue weighted by Crippen LogP contribution is 2.42. The molecule has 0 unspecified atom stereocenters. The molecule has 0 bridgehead atoms. The first-order valence-electron chi connectivity index (χ1n) is 11.3. The zero-order valence-corrected chi connectivity index (χ0v) is 22.3. The minimum absolute atomic E-state index is 0.0239. The largest absolute Gasteiger partial charge is 0.508 e. The second-order valence-corrected chi connectivity index (χ2v) is 12.9. The highest BCUT2D eigenvalue weighted by molar-refractivity contribution is 5.51. The van der Waals surface area contributed by atoms with Gasteiger partial charge in [0.05, 0.1) is 0 Å². The lowest BCUT2D eigenvalue weighted by molar-refractivity contribution is 0.420. The van der Waals surface area contributed by atoms with Gasteiger partial charge in [-0.25, -0.2) is 0 Å². The topological polar surface area (TPSA) is 40.5 Å². The standard InChI is InChI=1S/C18H30O.C11H16O/c1-16(2,3)12-10-13(17(4,5)6)15(19)14(11-12)18(7,8)9;1-8-5-6-10(12)9(7-8)11(2,3)4/h10-11,19H,1-9H3;5-7,12H,1-4H3. The molecule has 174 valence electrons. The molecule has 0 saturated carbocycles. The Balaban J connectivity index is 0.000000343. The van der Waals surface area contributed by atoms with Crippen LogP contribution in [-0.4, -0.2) is 10.2 Å². The average molecular weight is 427 g/mol. The van der Waals surface area contributed by atoms with Gasteiger partial charge in [-0.15, -0.1) is 0 Å². The van der Waals surface area contributed by atoms with E-state index in [9.17, 15) is 10.2 Å². The van der Waals surface area contributed by atoms with Gasteiger partial charge in [-0.05, 0) is 56.9 Å². The van der Waals surface area contributed by atoms with Crippen LogP contribution in [0.3, 0.4) is 0 Å². The molecule has 31 heavy (non-hydrogen) atoms. The van der Waals surface area contributed by atoms with Gasteiger partial charge in [-0.1, -0.05) is 113 Å². The summed E-state index contributed by atoms with van der Waals surface area (Å²) >= 11 is 0. The molecule has 2 N–H and O–H groups in total. The Morgan fingerprint density at radius 3 is 1.19 bits per heavy atom. The van der Waals surface area contributed by atoms with E-state index in [1.807, 2.05) is 19.1 Å². The van der Waals surface area contributed by atoms with Crippen molar-refractivity contribution in [2.45, 2.75) is 112 Å². The number of phenolic OH excluding ortho intramolecular Hbond substituents is 2. The monoisotopic (exact) mass is 426 g/mol. The molecular weight excluding hydrogens is 380 g/mol. The van der Waals surface area contributed by atoms with Crippen molar-refractivity contribution >= 4 is 0 Å². The first-order valence-corrected chi connectivity index (χ1v) is 11.3. The predicted molar refractivity (Wildman–Crippen MR) is 136 cm³/mol. The Kier molecular flexibility index (Phi) is 7.76. The van der Waals surface area contributed by atoms with Crippen LogP contribution in [0, 0.1) is 6.92 Å². The molecule has 0 saturated heterocycles. The van der Waals surface area contributed by atoms with Crippen LogP contribution in [0.15, 0.2) is 30.3 Å². The zero-order valence-electron chi connectivity index (χ0n) is 22.3. The maximum atomic E-state index is 10.7. The maximum Gasteiger partial charge on any atom is 0.123 e. The fraction of sp³-hybridized carbons (Fsp3) is 0.586. The molecule has 2 heteroatoms. The molecule has 0 heterocycles. The van der Waals surface area contributed by atoms with E-state index in [1.165, 1.54) is 11.1 Å². The first kappa shape index (κ1) is 27.1. The molecule has 0 aromatic heterocycles. The highest BCUT2D eigenvalue weighted by atomic mass is 16.3. The number of benzene rings is 2. The number of hydrogen-bond donors (Lipinski definition) is 2. The Bertz CT molecular complexity index is 857. The molecule has 0 spiro atoms. The van der Waals surface area contributed by atoms with Gasteiger partial charge >= 0.3 is 0 Å². The van der Waals surface area contributed by atoms with Gasteiger partial charge in [0.15, 0.2) is 0 Å². The van der Waals surface area contributed by atoms with Crippen LogP contribution < -0.4 is 0 Å². The van der Waals surface area contributed by atoms with E-state index in [-0.39, 0.29) is 21.7 Å². The van der Waals surface area contributed by atoms with Crippen molar-refractivity contribution in [1.82, 2.24) is 0 Å². The highest BCUT2D eigenvalue weighted by Gasteiger charge is 2.28. The lowest BCUT2D eigenvalue weighted by atomic mass is 9.75. The van der Waals surface area contributed by atoms with Gasteiger partial charge in [0.25, 0.3) is 0 Å². The van der Waals surface area contributed by atoms with Crippen LogP contribution in [0.4, 0.5) is 0 Å². The summed E-state index contributed by atoms with van der Waals surface area (Å²) in [6.45, 7) is 27.9. The molecule has 0 aliphatic heterocycles. The van der Waals surface area contributed by atoms with Crippen molar-refractivity contribution in [3.05, 3.63) is 58.1 Å². The Hall–Kier alpha value is -1.96. The van der Waals surface area contributed by atoms with Crippen molar-refractivity contribution in [1.29, 1.82) is 0 Å². The quantitative estimate of drug-likeness (QED) is 0.445. The van der Waals surface area contributed by atoms with Gasteiger partial charge in [0.2, 0.25) is 0 Å². The molecule has 0 amide bonds. The minimum atomic E-state index is -0.0503. The second kappa shape index (κ2) is 8.88. The molecule has 0 radical (unpaired) electrons. The molecule has 2 aromatic rings.